The van der Waals surface area contributed by atoms with Gasteiger partial charge in [-0.25, -0.2) is 0 Å². The third-order valence-electron chi connectivity index (χ3n) is 5.42. The van der Waals surface area contributed by atoms with Crippen molar-refractivity contribution in [2.45, 2.75) is 37.5 Å². The van der Waals surface area contributed by atoms with Gasteiger partial charge in [0.25, 0.3) is 0 Å². The minimum atomic E-state index is -0.582. The molecule has 2 aliphatic rings. The van der Waals surface area contributed by atoms with Crippen LogP contribution in [0.15, 0.2) is 24.3 Å². The number of nitrogens with zero attached hydrogens (tertiary/aromatic N) is 1. The molecule has 0 amide bonds. The van der Waals surface area contributed by atoms with E-state index in [1.165, 1.54) is 33.0 Å². The number of methoxy groups -OCH3 is 1. The van der Waals surface area contributed by atoms with Crippen LogP contribution in [-0.4, -0.2) is 57.4 Å². The summed E-state index contributed by atoms with van der Waals surface area (Å²) in [5.74, 6) is 0.687. The second-order valence-corrected chi connectivity index (χ2v) is 6.96. The fraction of sp³-hybridized carbons (Fsp3) is 0.650. The Hall–Kier alpha value is -1.59. The minimum Gasteiger partial charge on any atom is -0.494 e. The Labute approximate surface area is 150 Å². The van der Waals surface area contributed by atoms with Gasteiger partial charge in [0.1, 0.15) is 5.75 Å². The van der Waals surface area contributed by atoms with Crippen molar-refractivity contribution in [2.75, 3.05) is 46.6 Å². The molecule has 1 aromatic rings. The number of esters is 1. The Kier molecular flexibility index (Phi) is 6.32. The molecule has 0 saturated carbocycles. The van der Waals surface area contributed by atoms with Crippen LogP contribution in [0.2, 0.25) is 0 Å². The molecule has 5 heteroatoms. The Morgan fingerprint density at radius 2 is 1.84 bits per heavy atom. The van der Waals surface area contributed by atoms with E-state index in [-0.39, 0.29) is 5.97 Å². The summed E-state index contributed by atoms with van der Waals surface area (Å²) in [4.78, 5) is 14.9. The van der Waals surface area contributed by atoms with Crippen molar-refractivity contribution < 1.29 is 19.0 Å². The Morgan fingerprint density at radius 3 is 2.48 bits per heavy atom. The van der Waals surface area contributed by atoms with Crippen molar-refractivity contribution in [1.29, 1.82) is 0 Å². The third-order valence-corrected chi connectivity index (χ3v) is 5.42. The van der Waals surface area contributed by atoms with Crippen molar-refractivity contribution in [1.82, 2.24) is 4.90 Å². The predicted octanol–water partition coefficient (Wildman–Crippen LogP) is 2.77. The maximum Gasteiger partial charge on any atom is 0.316 e. The van der Waals surface area contributed by atoms with Crippen molar-refractivity contribution >= 4 is 5.97 Å². The van der Waals surface area contributed by atoms with Gasteiger partial charge >= 0.3 is 5.97 Å². The van der Waals surface area contributed by atoms with Crippen LogP contribution in [0.25, 0.3) is 0 Å². The number of hydrogen-bond acceptors (Lipinski definition) is 5. The van der Waals surface area contributed by atoms with E-state index in [2.05, 4.69) is 4.90 Å². The lowest BCUT2D eigenvalue weighted by Crippen LogP contribution is -2.42. The molecule has 1 aromatic carbocycles. The predicted molar refractivity (Wildman–Crippen MR) is 96.0 cm³/mol. The summed E-state index contributed by atoms with van der Waals surface area (Å²) in [6.07, 6.45) is 5.03. The lowest BCUT2D eigenvalue weighted by atomic mass is 9.74. The van der Waals surface area contributed by atoms with Crippen LogP contribution in [0.5, 0.6) is 5.75 Å². The van der Waals surface area contributed by atoms with Crippen LogP contribution in [0, 0.1) is 0 Å². The first-order chi connectivity index (χ1) is 12.2. The summed E-state index contributed by atoms with van der Waals surface area (Å²) in [7, 11) is 1.46. The molecule has 2 heterocycles. The molecule has 0 spiro atoms. The second-order valence-electron chi connectivity index (χ2n) is 6.96. The van der Waals surface area contributed by atoms with Crippen molar-refractivity contribution in [3.63, 3.8) is 0 Å². The van der Waals surface area contributed by atoms with Crippen LogP contribution >= 0.6 is 0 Å². The number of carbonyl (C=O) groups excluding carboxylic acids is 1. The maximum absolute atomic E-state index is 12.4. The third kappa shape index (κ3) is 4.33. The van der Waals surface area contributed by atoms with Gasteiger partial charge in [-0.15, -0.1) is 0 Å². The molecule has 3 rings (SSSR count). The van der Waals surface area contributed by atoms with Crippen LogP contribution < -0.4 is 4.74 Å². The van der Waals surface area contributed by atoms with Gasteiger partial charge in [0.2, 0.25) is 0 Å². The zero-order chi connectivity index (χ0) is 17.5. The van der Waals surface area contributed by atoms with Crippen LogP contribution in [0.3, 0.4) is 0 Å². The summed E-state index contributed by atoms with van der Waals surface area (Å²) in [6.45, 7) is 5.48. The highest BCUT2D eigenvalue weighted by molar-refractivity contribution is 5.83. The SMILES string of the molecule is COC(=O)C1(c2ccc(OCCCN3CCCC3)cc2)CCOCC1. The van der Waals surface area contributed by atoms with E-state index in [1.54, 1.807) is 0 Å². The summed E-state index contributed by atoms with van der Waals surface area (Å²) < 4.78 is 16.4. The van der Waals surface area contributed by atoms with E-state index in [9.17, 15) is 4.79 Å². The van der Waals surface area contributed by atoms with Gasteiger partial charge in [-0.2, -0.15) is 0 Å². The maximum atomic E-state index is 12.4. The molecule has 2 saturated heterocycles. The highest BCUT2D eigenvalue weighted by Gasteiger charge is 2.42. The lowest BCUT2D eigenvalue weighted by molar-refractivity contribution is -0.151. The zero-order valence-electron chi connectivity index (χ0n) is 15.2. The largest absolute Gasteiger partial charge is 0.494 e. The van der Waals surface area contributed by atoms with E-state index < -0.39 is 5.41 Å². The van der Waals surface area contributed by atoms with E-state index >= 15 is 0 Å². The second kappa shape index (κ2) is 8.68. The fourth-order valence-corrected chi connectivity index (χ4v) is 3.88. The topological polar surface area (TPSA) is 48.0 Å². The fourth-order valence-electron chi connectivity index (χ4n) is 3.88. The molecule has 0 atom stereocenters. The molecule has 0 N–H and O–H groups in total. The standard InChI is InChI=1S/C20H29NO4/c1-23-19(22)20(9-15-24-16-10-20)17-5-7-18(8-6-17)25-14-4-13-21-11-2-3-12-21/h5-8H,2-4,9-16H2,1H3. The Morgan fingerprint density at radius 1 is 1.16 bits per heavy atom. The van der Waals surface area contributed by atoms with E-state index in [4.69, 9.17) is 14.2 Å². The number of benzene rings is 1. The van der Waals surface area contributed by atoms with Crippen molar-refractivity contribution in [3.8, 4) is 5.75 Å². The molecule has 2 aliphatic heterocycles. The molecule has 0 bridgehead atoms. The first kappa shape index (κ1) is 18.2. The lowest BCUT2D eigenvalue weighted by Gasteiger charge is -2.34. The smallest absolute Gasteiger partial charge is 0.316 e. The van der Waals surface area contributed by atoms with Gasteiger partial charge < -0.3 is 19.1 Å². The number of rotatable bonds is 7. The highest BCUT2D eigenvalue weighted by atomic mass is 16.5. The number of carbonyl (C=O) groups is 1. The summed E-state index contributed by atoms with van der Waals surface area (Å²) in [5.41, 5.74) is 0.411. The molecule has 0 aliphatic carbocycles. The van der Waals surface area contributed by atoms with Gasteiger partial charge in [0, 0.05) is 19.8 Å². The van der Waals surface area contributed by atoms with Gasteiger partial charge in [-0.05, 0) is 62.9 Å². The molecule has 0 radical (unpaired) electrons. The quantitative estimate of drug-likeness (QED) is 0.561. The molecule has 5 nitrogen and oxygen atoms in total. The molecule has 0 unspecified atom stereocenters. The molecule has 0 aromatic heterocycles. The van der Waals surface area contributed by atoms with E-state index in [0.29, 0.717) is 26.1 Å². The number of hydrogen-bond donors (Lipinski definition) is 0. The molecule has 2 fully saturated rings. The van der Waals surface area contributed by atoms with Crippen LogP contribution in [0.1, 0.15) is 37.7 Å². The van der Waals surface area contributed by atoms with Gasteiger partial charge in [-0.3, -0.25) is 4.79 Å². The first-order valence-electron chi connectivity index (χ1n) is 9.36. The molecular weight excluding hydrogens is 318 g/mol. The summed E-state index contributed by atoms with van der Waals surface area (Å²) in [5, 5.41) is 0. The van der Waals surface area contributed by atoms with Gasteiger partial charge in [0.15, 0.2) is 0 Å². The summed E-state index contributed by atoms with van der Waals surface area (Å²) in [6, 6.07) is 7.92. The van der Waals surface area contributed by atoms with Crippen LogP contribution in [0.4, 0.5) is 0 Å². The Bertz CT molecular complexity index is 545. The normalized spacial score (nSPS) is 20.4. The van der Waals surface area contributed by atoms with Crippen molar-refractivity contribution in [2.24, 2.45) is 0 Å². The molecule has 25 heavy (non-hydrogen) atoms. The molecule has 138 valence electrons. The average molecular weight is 347 g/mol. The number of ether oxygens (including phenoxy) is 3. The average Bonchev–Trinajstić information content (AvgIpc) is 3.19. The zero-order valence-corrected chi connectivity index (χ0v) is 15.2. The van der Waals surface area contributed by atoms with Crippen molar-refractivity contribution in [3.05, 3.63) is 29.8 Å². The minimum absolute atomic E-state index is 0.171. The van der Waals surface area contributed by atoms with Crippen LogP contribution in [-0.2, 0) is 19.7 Å². The van der Waals surface area contributed by atoms with Gasteiger partial charge in [0.05, 0.1) is 19.1 Å². The van der Waals surface area contributed by atoms with E-state index in [1.807, 2.05) is 24.3 Å². The summed E-state index contributed by atoms with van der Waals surface area (Å²) >= 11 is 0. The number of likely N-dealkylation sites (tertiary alicyclic amines) is 1. The van der Waals surface area contributed by atoms with E-state index in [0.717, 1.165) is 30.9 Å². The molecular formula is C20H29NO4. The highest BCUT2D eigenvalue weighted by Crippen LogP contribution is 2.36. The Balaban J connectivity index is 1.55. The first-order valence-corrected chi connectivity index (χ1v) is 9.36. The monoisotopic (exact) mass is 347 g/mol. The van der Waals surface area contributed by atoms with Gasteiger partial charge in [-0.1, -0.05) is 12.1 Å².